The molecule has 7 nitrogen and oxygen atoms in total. The number of rotatable bonds is 8. The van der Waals surface area contributed by atoms with Crippen molar-refractivity contribution in [3.63, 3.8) is 0 Å². The van der Waals surface area contributed by atoms with Gasteiger partial charge in [0.25, 0.3) is 0 Å². The number of carboxylic acid groups (broad SMARTS) is 1. The van der Waals surface area contributed by atoms with Crippen molar-refractivity contribution in [2.75, 3.05) is 43.2 Å². The largest absolute Gasteiger partial charge is 0.496 e. The Bertz CT molecular complexity index is 1390. The number of aliphatic hydroxyl groups excluding tert-OH is 1. The first-order valence-corrected chi connectivity index (χ1v) is 13.6. The quantitative estimate of drug-likeness (QED) is 0.416. The molecule has 37 heavy (non-hydrogen) atoms. The standard InChI is InChI=1S/C27H30ClFN2O5S/c1-15(2)23(14-32)31-13-20(27(34)35)26(33)19-10-16(24(36-3)12-22(19)31)8-17-9-18(11-21(28)25(17)29)30-4-6-37-7-5-30/h9-13,15,23,32H,4-8,14H2,1-3H3,(H,34,35). The van der Waals surface area contributed by atoms with Gasteiger partial charge in [0.1, 0.15) is 17.1 Å². The number of carbonyl (C=O) groups is 1. The second-order valence-corrected chi connectivity index (χ2v) is 11.1. The van der Waals surface area contributed by atoms with Gasteiger partial charge in [-0.3, -0.25) is 4.79 Å². The summed E-state index contributed by atoms with van der Waals surface area (Å²) in [7, 11) is 1.48. The third-order valence-corrected chi connectivity index (χ3v) is 8.04. The number of pyridine rings is 1. The molecular formula is C27H30ClFN2O5S. The average molecular weight is 549 g/mol. The number of thioether (sulfide) groups is 1. The SMILES string of the molecule is COc1cc2c(cc1Cc1cc(N3CCSCC3)cc(Cl)c1F)c(=O)c(C(=O)O)cn2C(CO)C(C)C. The number of aliphatic hydroxyl groups is 1. The number of aromatic nitrogens is 1. The van der Waals surface area contributed by atoms with E-state index >= 15 is 4.39 Å². The lowest BCUT2D eigenvalue weighted by Gasteiger charge is -2.29. The zero-order valence-electron chi connectivity index (χ0n) is 21.0. The van der Waals surface area contributed by atoms with Crippen LogP contribution in [0, 0.1) is 11.7 Å². The van der Waals surface area contributed by atoms with E-state index in [4.69, 9.17) is 16.3 Å². The maximum absolute atomic E-state index is 15.2. The topological polar surface area (TPSA) is 92.0 Å². The van der Waals surface area contributed by atoms with Gasteiger partial charge in [-0.1, -0.05) is 25.4 Å². The summed E-state index contributed by atoms with van der Waals surface area (Å²) >= 11 is 8.14. The first-order chi connectivity index (χ1) is 17.7. The Hall–Kier alpha value is -2.75. The van der Waals surface area contributed by atoms with E-state index in [1.54, 1.807) is 28.8 Å². The van der Waals surface area contributed by atoms with Gasteiger partial charge in [0.15, 0.2) is 0 Å². The predicted octanol–water partition coefficient (Wildman–Crippen LogP) is 4.83. The van der Waals surface area contributed by atoms with Crippen LogP contribution in [0.5, 0.6) is 5.75 Å². The molecule has 1 aromatic heterocycles. The summed E-state index contributed by atoms with van der Waals surface area (Å²) in [6.07, 6.45) is 1.36. The van der Waals surface area contributed by atoms with Crippen LogP contribution in [0.25, 0.3) is 10.9 Å². The number of carboxylic acids is 1. The highest BCUT2D eigenvalue weighted by Gasteiger charge is 2.24. The van der Waals surface area contributed by atoms with Crippen molar-refractivity contribution >= 4 is 45.9 Å². The maximum atomic E-state index is 15.2. The van der Waals surface area contributed by atoms with E-state index in [0.29, 0.717) is 22.4 Å². The Kier molecular flexibility index (Phi) is 8.36. The van der Waals surface area contributed by atoms with Gasteiger partial charge in [0.2, 0.25) is 5.43 Å². The Labute approximate surface area is 223 Å². The van der Waals surface area contributed by atoms with Gasteiger partial charge < -0.3 is 24.4 Å². The van der Waals surface area contributed by atoms with Crippen LogP contribution in [0.1, 0.15) is 41.4 Å². The second kappa shape index (κ2) is 11.3. The van der Waals surface area contributed by atoms with Crippen molar-refractivity contribution in [2.45, 2.75) is 26.3 Å². The Morgan fingerprint density at radius 2 is 1.89 bits per heavy atom. The van der Waals surface area contributed by atoms with E-state index in [1.165, 1.54) is 13.3 Å². The number of aromatic carboxylic acids is 1. The minimum absolute atomic E-state index is 0.0173. The number of hydrogen-bond donors (Lipinski definition) is 2. The molecule has 3 aromatic rings. The number of nitrogens with zero attached hydrogens (tertiary/aromatic N) is 2. The van der Waals surface area contributed by atoms with E-state index in [1.807, 2.05) is 25.6 Å². The summed E-state index contributed by atoms with van der Waals surface area (Å²) in [6.45, 7) is 5.23. The lowest BCUT2D eigenvalue weighted by molar-refractivity contribution is 0.0694. The number of halogens is 2. The fraction of sp³-hybridized carbons (Fsp3) is 0.407. The van der Waals surface area contributed by atoms with Gasteiger partial charge in [0, 0.05) is 54.4 Å². The molecule has 0 bridgehead atoms. The zero-order chi connectivity index (χ0) is 26.9. The molecule has 1 aliphatic rings. The molecule has 2 N–H and O–H groups in total. The van der Waals surface area contributed by atoms with Crippen molar-refractivity contribution in [3.8, 4) is 5.75 Å². The molecule has 2 heterocycles. The minimum Gasteiger partial charge on any atom is -0.496 e. The van der Waals surface area contributed by atoms with Gasteiger partial charge in [0.05, 0.1) is 30.3 Å². The highest BCUT2D eigenvalue weighted by Crippen LogP contribution is 2.34. The van der Waals surface area contributed by atoms with E-state index < -0.39 is 28.8 Å². The van der Waals surface area contributed by atoms with Gasteiger partial charge in [-0.2, -0.15) is 11.8 Å². The Balaban J connectivity index is 1.89. The van der Waals surface area contributed by atoms with Crippen LogP contribution in [0.3, 0.4) is 0 Å². The van der Waals surface area contributed by atoms with Gasteiger partial charge in [-0.05, 0) is 35.2 Å². The van der Waals surface area contributed by atoms with Crippen LogP contribution in [0.4, 0.5) is 10.1 Å². The van der Waals surface area contributed by atoms with E-state index in [-0.39, 0.29) is 29.4 Å². The number of fused-ring (bicyclic) bond motifs is 1. The number of anilines is 1. The first-order valence-electron chi connectivity index (χ1n) is 12.1. The third-order valence-electron chi connectivity index (χ3n) is 6.82. The van der Waals surface area contributed by atoms with E-state index in [0.717, 1.165) is 30.3 Å². The Morgan fingerprint density at radius 1 is 1.19 bits per heavy atom. The molecule has 4 rings (SSSR count). The summed E-state index contributed by atoms with van der Waals surface area (Å²) in [5, 5.41) is 19.9. The summed E-state index contributed by atoms with van der Waals surface area (Å²) in [5.41, 5.74) is 1.08. The van der Waals surface area contributed by atoms with Crippen molar-refractivity contribution in [1.82, 2.24) is 4.57 Å². The number of hydrogen-bond acceptors (Lipinski definition) is 6. The van der Waals surface area contributed by atoms with Crippen LogP contribution in [0.15, 0.2) is 35.3 Å². The van der Waals surface area contributed by atoms with Gasteiger partial charge in [-0.15, -0.1) is 0 Å². The predicted molar refractivity (Wildman–Crippen MR) is 146 cm³/mol. The van der Waals surface area contributed by atoms with Crippen molar-refractivity contribution < 1.29 is 24.1 Å². The van der Waals surface area contributed by atoms with Gasteiger partial charge in [-0.25, -0.2) is 9.18 Å². The van der Waals surface area contributed by atoms with E-state index in [9.17, 15) is 19.8 Å². The van der Waals surface area contributed by atoms with E-state index in [2.05, 4.69) is 4.90 Å². The number of ether oxygens (including phenoxy) is 1. The number of benzene rings is 2. The van der Waals surface area contributed by atoms with Crippen LogP contribution in [-0.2, 0) is 6.42 Å². The maximum Gasteiger partial charge on any atom is 0.341 e. The third kappa shape index (κ3) is 5.44. The molecule has 1 atom stereocenters. The second-order valence-electron chi connectivity index (χ2n) is 9.44. The lowest BCUT2D eigenvalue weighted by atomic mass is 9.98. The highest BCUT2D eigenvalue weighted by atomic mass is 35.5. The normalized spacial score (nSPS) is 14.8. The molecular weight excluding hydrogens is 519 g/mol. The van der Waals surface area contributed by atoms with Crippen molar-refractivity contribution in [2.24, 2.45) is 5.92 Å². The zero-order valence-corrected chi connectivity index (χ0v) is 22.5. The highest BCUT2D eigenvalue weighted by molar-refractivity contribution is 7.99. The molecule has 1 fully saturated rings. The molecule has 1 aliphatic heterocycles. The molecule has 0 spiro atoms. The first kappa shape index (κ1) is 27.3. The fourth-order valence-electron chi connectivity index (χ4n) is 4.76. The Morgan fingerprint density at radius 3 is 2.49 bits per heavy atom. The summed E-state index contributed by atoms with van der Waals surface area (Å²) in [4.78, 5) is 27.3. The molecule has 0 saturated carbocycles. The average Bonchev–Trinajstić information content (AvgIpc) is 2.88. The molecule has 0 radical (unpaired) electrons. The molecule has 2 aromatic carbocycles. The summed E-state index contributed by atoms with van der Waals surface area (Å²) in [5.74, 6) is 0.424. The molecule has 0 amide bonds. The monoisotopic (exact) mass is 548 g/mol. The molecule has 1 unspecified atom stereocenters. The van der Waals surface area contributed by atoms with Crippen LogP contribution in [-0.4, -0.2) is 59.1 Å². The molecule has 1 saturated heterocycles. The van der Waals surface area contributed by atoms with Crippen LogP contribution < -0.4 is 15.1 Å². The summed E-state index contributed by atoms with van der Waals surface area (Å²) in [6, 6.07) is 6.15. The molecule has 0 aliphatic carbocycles. The van der Waals surface area contributed by atoms with Crippen molar-refractivity contribution in [1.29, 1.82) is 0 Å². The summed E-state index contributed by atoms with van der Waals surface area (Å²) < 4.78 is 22.4. The van der Waals surface area contributed by atoms with Crippen LogP contribution in [0.2, 0.25) is 5.02 Å². The smallest absolute Gasteiger partial charge is 0.341 e. The van der Waals surface area contributed by atoms with Crippen LogP contribution >= 0.6 is 23.4 Å². The van der Waals surface area contributed by atoms with Crippen molar-refractivity contribution in [3.05, 3.63) is 68.2 Å². The minimum atomic E-state index is -1.36. The lowest BCUT2D eigenvalue weighted by Crippen LogP contribution is -2.32. The molecule has 10 heteroatoms. The molecule has 198 valence electrons. The fourth-order valence-corrected chi connectivity index (χ4v) is 5.90. The number of methoxy groups -OCH3 is 1. The van der Waals surface area contributed by atoms with Gasteiger partial charge >= 0.3 is 5.97 Å².